The zero-order chi connectivity index (χ0) is 20.6. The third-order valence-corrected chi connectivity index (χ3v) is 4.67. The summed E-state index contributed by atoms with van der Waals surface area (Å²) in [6.07, 6.45) is -10.2. The molecule has 2 aromatic carbocycles. The highest BCUT2D eigenvalue weighted by Gasteiger charge is 2.37. The predicted octanol–water partition coefficient (Wildman–Crippen LogP) is 4.56. The Kier molecular flexibility index (Phi) is 5.37. The van der Waals surface area contributed by atoms with Crippen LogP contribution in [-0.2, 0) is 22.5 Å². The molecule has 0 unspecified atom stereocenters. The highest BCUT2D eigenvalue weighted by Crippen LogP contribution is 2.38. The molecule has 0 aliphatic rings. The second kappa shape index (κ2) is 6.95. The third kappa shape index (κ3) is 5.06. The van der Waals surface area contributed by atoms with Crippen LogP contribution in [0.25, 0.3) is 0 Å². The van der Waals surface area contributed by atoms with Crippen molar-refractivity contribution in [2.24, 2.45) is 0 Å². The van der Waals surface area contributed by atoms with E-state index in [1.165, 1.54) is 12.1 Å². The molecule has 0 fully saturated rings. The first-order valence-corrected chi connectivity index (χ1v) is 8.62. The van der Waals surface area contributed by atoms with E-state index in [-0.39, 0.29) is 18.2 Å². The quantitative estimate of drug-likeness (QED) is 0.545. The molecular formula is C16H13F6NO3S. The number of alkyl halides is 6. The van der Waals surface area contributed by atoms with Gasteiger partial charge in [-0.15, -0.1) is 0 Å². The Labute approximate surface area is 151 Å². The van der Waals surface area contributed by atoms with Crippen molar-refractivity contribution >= 4 is 15.8 Å². The average molecular weight is 413 g/mol. The Hall–Kier alpha value is -2.43. The molecule has 27 heavy (non-hydrogen) atoms. The molecule has 4 nitrogen and oxygen atoms in total. The number of rotatable bonds is 4. The Morgan fingerprint density at radius 3 is 1.63 bits per heavy atom. The maximum absolute atomic E-state index is 12.8. The average Bonchev–Trinajstić information content (AvgIpc) is 2.52. The van der Waals surface area contributed by atoms with Gasteiger partial charge in [0, 0.05) is 19.8 Å². The van der Waals surface area contributed by atoms with E-state index in [2.05, 4.69) is 4.18 Å². The number of benzene rings is 2. The van der Waals surface area contributed by atoms with Crippen LogP contribution in [0.4, 0.5) is 32.0 Å². The standard InChI is InChI=1S/C16H13F6NO3S/c1-23(2)12-3-5-14(6-4-12)27(24,25)26-13-8-10(15(17,18)19)7-11(9-13)16(20,21)22/h3-9H,1-2H3. The van der Waals surface area contributed by atoms with Crippen LogP contribution < -0.4 is 9.08 Å². The lowest BCUT2D eigenvalue weighted by molar-refractivity contribution is -0.143. The van der Waals surface area contributed by atoms with Crippen LogP contribution in [-0.4, -0.2) is 22.5 Å². The van der Waals surface area contributed by atoms with Crippen LogP contribution >= 0.6 is 0 Å². The van der Waals surface area contributed by atoms with Crippen LogP contribution in [0.1, 0.15) is 11.1 Å². The molecule has 0 bridgehead atoms. The van der Waals surface area contributed by atoms with E-state index >= 15 is 0 Å². The van der Waals surface area contributed by atoms with Crippen LogP contribution in [0.3, 0.4) is 0 Å². The maximum Gasteiger partial charge on any atom is 0.416 e. The van der Waals surface area contributed by atoms with Gasteiger partial charge in [0.1, 0.15) is 10.6 Å². The van der Waals surface area contributed by atoms with Crippen molar-refractivity contribution in [1.29, 1.82) is 0 Å². The van der Waals surface area contributed by atoms with Crippen molar-refractivity contribution in [3.63, 3.8) is 0 Å². The van der Waals surface area contributed by atoms with Gasteiger partial charge in [-0.2, -0.15) is 34.8 Å². The van der Waals surface area contributed by atoms with Crippen molar-refractivity contribution in [1.82, 2.24) is 0 Å². The van der Waals surface area contributed by atoms with E-state index in [0.29, 0.717) is 5.69 Å². The molecule has 0 amide bonds. The lowest BCUT2D eigenvalue weighted by Gasteiger charge is -2.15. The van der Waals surface area contributed by atoms with Gasteiger partial charge >= 0.3 is 22.5 Å². The zero-order valence-corrected chi connectivity index (χ0v) is 14.7. The monoisotopic (exact) mass is 413 g/mol. The minimum atomic E-state index is -5.11. The Balaban J connectivity index is 2.45. The molecule has 0 aliphatic carbocycles. The molecule has 0 spiro atoms. The lowest BCUT2D eigenvalue weighted by atomic mass is 10.1. The fourth-order valence-electron chi connectivity index (χ4n) is 2.06. The molecule has 0 N–H and O–H groups in total. The molecule has 2 aromatic rings. The molecule has 0 saturated carbocycles. The Morgan fingerprint density at radius 2 is 1.26 bits per heavy atom. The molecule has 0 heterocycles. The zero-order valence-electron chi connectivity index (χ0n) is 13.9. The van der Waals surface area contributed by atoms with Gasteiger partial charge in [-0.3, -0.25) is 0 Å². The molecular weight excluding hydrogens is 400 g/mol. The van der Waals surface area contributed by atoms with E-state index in [1.54, 1.807) is 19.0 Å². The summed E-state index contributed by atoms with van der Waals surface area (Å²) in [7, 11) is -1.24. The first-order chi connectivity index (χ1) is 12.2. The molecule has 11 heteroatoms. The SMILES string of the molecule is CN(C)c1ccc(S(=O)(=O)Oc2cc(C(F)(F)F)cc(C(F)(F)F)c2)cc1. The lowest BCUT2D eigenvalue weighted by Crippen LogP contribution is -2.14. The van der Waals surface area contributed by atoms with E-state index in [0.717, 1.165) is 12.1 Å². The number of anilines is 1. The van der Waals surface area contributed by atoms with Gasteiger partial charge in [-0.05, 0) is 42.5 Å². The molecule has 0 atom stereocenters. The molecule has 0 aromatic heterocycles. The fourth-order valence-corrected chi connectivity index (χ4v) is 2.98. The second-order valence-electron chi connectivity index (χ2n) is 5.67. The van der Waals surface area contributed by atoms with Gasteiger partial charge < -0.3 is 9.08 Å². The number of hydrogen-bond acceptors (Lipinski definition) is 4. The second-order valence-corrected chi connectivity index (χ2v) is 7.21. The molecule has 0 aliphatic heterocycles. The third-order valence-electron chi connectivity index (χ3n) is 3.41. The topological polar surface area (TPSA) is 46.6 Å². The van der Waals surface area contributed by atoms with Crippen LogP contribution in [0, 0.1) is 0 Å². The minimum absolute atomic E-state index is 0.120. The summed E-state index contributed by atoms with van der Waals surface area (Å²) in [5.41, 5.74) is -2.72. The van der Waals surface area contributed by atoms with E-state index in [9.17, 15) is 34.8 Å². The van der Waals surface area contributed by atoms with Crippen LogP contribution in [0.15, 0.2) is 47.4 Å². The summed E-state index contributed by atoms with van der Waals surface area (Å²) in [5.74, 6) is -1.09. The van der Waals surface area contributed by atoms with E-state index in [1.807, 2.05) is 0 Å². The fraction of sp³-hybridized carbons (Fsp3) is 0.250. The van der Waals surface area contributed by atoms with Gasteiger partial charge in [-0.1, -0.05) is 0 Å². The first-order valence-electron chi connectivity index (χ1n) is 7.21. The number of hydrogen-bond donors (Lipinski definition) is 0. The van der Waals surface area contributed by atoms with E-state index in [4.69, 9.17) is 0 Å². The maximum atomic E-state index is 12.8. The molecule has 148 valence electrons. The van der Waals surface area contributed by atoms with Crippen molar-refractivity contribution < 1.29 is 38.9 Å². The summed E-state index contributed by atoms with van der Waals surface area (Å²) in [4.78, 5) is 1.25. The van der Waals surface area contributed by atoms with Crippen LogP contribution in [0.5, 0.6) is 5.75 Å². The van der Waals surface area contributed by atoms with Crippen molar-refractivity contribution in [2.75, 3.05) is 19.0 Å². The Morgan fingerprint density at radius 1 is 0.815 bits per heavy atom. The highest BCUT2D eigenvalue weighted by molar-refractivity contribution is 7.87. The molecule has 2 rings (SSSR count). The van der Waals surface area contributed by atoms with Gasteiger partial charge in [0.05, 0.1) is 11.1 Å². The largest absolute Gasteiger partial charge is 0.416 e. The number of nitrogens with zero attached hydrogens (tertiary/aromatic N) is 1. The van der Waals surface area contributed by atoms with Crippen molar-refractivity contribution in [2.45, 2.75) is 17.2 Å². The summed E-state index contributed by atoms with van der Waals surface area (Å²) in [6, 6.07) is 5.34. The summed E-state index contributed by atoms with van der Waals surface area (Å²) >= 11 is 0. The van der Waals surface area contributed by atoms with Gasteiger partial charge in [0.2, 0.25) is 0 Å². The number of halogens is 6. The molecule has 0 saturated heterocycles. The smallest absolute Gasteiger partial charge is 0.379 e. The Bertz CT molecular complexity index is 886. The minimum Gasteiger partial charge on any atom is -0.379 e. The summed E-state index contributed by atoms with van der Waals surface area (Å²) in [6.45, 7) is 0. The van der Waals surface area contributed by atoms with E-state index < -0.39 is 44.2 Å². The first kappa shape index (κ1) is 20.9. The van der Waals surface area contributed by atoms with Crippen LogP contribution in [0.2, 0.25) is 0 Å². The van der Waals surface area contributed by atoms with Gasteiger partial charge in [0.15, 0.2) is 0 Å². The summed E-state index contributed by atoms with van der Waals surface area (Å²) < 4.78 is 106. The van der Waals surface area contributed by atoms with Crippen molar-refractivity contribution in [3.05, 3.63) is 53.6 Å². The normalized spacial score (nSPS) is 12.7. The van der Waals surface area contributed by atoms with Gasteiger partial charge in [0.25, 0.3) is 0 Å². The predicted molar refractivity (Wildman–Crippen MR) is 85.0 cm³/mol. The van der Waals surface area contributed by atoms with Crippen molar-refractivity contribution in [3.8, 4) is 5.75 Å². The highest BCUT2D eigenvalue weighted by atomic mass is 32.2. The molecule has 0 radical (unpaired) electrons. The van der Waals surface area contributed by atoms with Gasteiger partial charge in [-0.25, -0.2) is 0 Å². The summed E-state index contributed by atoms with van der Waals surface area (Å²) in [5, 5.41) is 0.